The first-order chi connectivity index (χ1) is 16.7. The van der Waals surface area contributed by atoms with Crippen molar-refractivity contribution < 1.29 is 29.2 Å². The van der Waals surface area contributed by atoms with Gasteiger partial charge in [-0.15, -0.1) is 0 Å². The average molecular weight is 497 g/mol. The molecule has 0 radical (unpaired) electrons. The van der Waals surface area contributed by atoms with E-state index in [0.717, 1.165) is 42.1 Å². The maximum absolute atomic E-state index is 10.4. The molecule has 0 aromatic heterocycles. The summed E-state index contributed by atoms with van der Waals surface area (Å²) in [6, 6.07) is 3.78. The van der Waals surface area contributed by atoms with Crippen LogP contribution in [0, 0.1) is 18.8 Å². The molecule has 1 unspecified atom stereocenters. The molecule has 0 saturated carbocycles. The van der Waals surface area contributed by atoms with E-state index in [1.807, 2.05) is 45.1 Å². The molecule has 1 aromatic rings. The van der Waals surface area contributed by atoms with Crippen molar-refractivity contribution in [2.75, 3.05) is 26.9 Å². The molecule has 35 heavy (non-hydrogen) atoms. The predicted molar refractivity (Wildman–Crippen MR) is 147 cm³/mol. The molecule has 6 nitrogen and oxygen atoms in total. The van der Waals surface area contributed by atoms with Crippen LogP contribution in [0.1, 0.15) is 85.0 Å². The Balaban J connectivity index is -0.000000562. The highest BCUT2D eigenvalue weighted by molar-refractivity contribution is 5.50. The first-order valence-electron chi connectivity index (χ1n) is 12.5. The van der Waals surface area contributed by atoms with Crippen LogP contribution in [0.3, 0.4) is 0 Å². The molecule has 6 heteroatoms. The van der Waals surface area contributed by atoms with Crippen molar-refractivity contribution >= 4 is 6.47 Å². The van der Waals surface area contributed by atoms with Crippen LogP contribution in [-0.2, 0) is 9.53 Å². The van der Waals surface area contributed by atoms with Gasteiger partial charge in [0.25, 0.3) is 6.47 Å². The largest absolute Gasteiger partial charge is 0.493 e. The number of carbonyl (C=O) groups is 1. The topological polar surface area (TPSA) is 85.2 Å². The Kier molecular flexibility index (Phi) is 28.0. The summed E-state index contributed by atoms with van der Waals surface area (Å²) in [6.07, 6.45) is 7.91. The predicted octanol–water partition coefficient (Wildman–Crippen LogP) is 6.82. The summed E-state index contributed by atoms with van der Waals surface area (Å²) in [5.41, 5.74) is 1.76. The van der Waals surface area contributed by atoms with E-state index in [0.29, 0.717) is 38.6 Å². The Bertz CT molecular complexity index is 653. The minimum absolute atomic E-state index is 0.427. The lowest BCUT2D eigenvalue weighted by atomic mass is 9.97. The molecule has 0 aliphatic rings. The molecule has 204 valence electrons. The van der Waals surface area contributed by atoms with E-state index < -0.39 is 6.10 Å². The van der Waals surface area contributed by atoms with Crippen LogP contribution in [0.2, 0.25) is 0 Å². The lowest BCUT2D eigenvalue weighted by molar-refractivity contribution is -0.128. The third kappa shape index (κ3) is 20.8. The molecular formula is C29H52O6. The zero-order valence-electron chi connectivity index (χ0n) is 23.7. The minimum atomic E-state index is -0.510. The summed E-state index contributed by atoms with van der Waals surface area (Å²) in [7, 11) is 1.00. The summed E-state index contributed by atoms with van der Waals surface area (Å²) in [6.45, 7) is 22.3. The smallest absolute Gasteiger partial charge is 0.293 e. The summed E-state index contributed by atoms with van der Waals surface area (Å²) in [5.74, 6) is 2.82. The highest BCUT2D eigenvalue weighted by Crippen LogP contribution is 2.37. The van der Waals surface area contributed by atoms with Gasteiger partial charge in [-0.2, -0.15) is 0 Å². The molecule has 1 aromatic carbocycles. The fourth-order valence-corrected chi connectivity index (χ4v) is 2.52. The Labute approximate surface area is 215 Å². The van der Waals surface area contributed by atoms with Crippen LogP contribution >= 0.6 is 0 Å². The van der Waals surface area contributed by atoms with Crippen molar-refractivity contribution in [3.05, 3.63) is 48.1 Å². The summed E-state index contributed by atoms with van der Waals surface area (Å²) < 4.78 is 15.7. The highest BCUT2D eigenvalue weighted by atomic mass is 16.5. The molecule has 0 bridgehead atoms. The Morgan fingerprint density at radius 3 is 2.09 bits per heavy atom. The zero-order valence-corrected chi connectivity index (χ0v) is 23.7. The van der Waals surface area contributed by atoms with Gasteiger partial charge in [-0.1, -0.05) is 65.8 Å². The van der Waals surface area contributed by atoms with Gasteiger partial charge in [0.15, 0.2) is 0 Å². The Morgan fingerprint density at radius 1 is 1.06 bits per heavy atom. The maximum atomic E-state index is 10.4. The van der Waals surface area contributed by atoms with E-state index in [-0.39, 0.29) is 0 Å². The quantitative estimate of drug-likeness (QED) is 0.177. The molecule has 0 amide bonds. The van der Waals surface area contributed by atoms with E-state index in [4.69, 9.17) is 14.6 Å². The Morgan fingerprint density at radius 2 is 1.66 bits per heavy atom. The lowest BCUT2D eigenvalue weighted by Gasteiger charge is -2.20. The number of hydrogen-bond acceptors (Lipinski definition) is 6. The van der Waals surface area contributed by atoms with Gasteiger partial charge in [-0.3, -0.25) is 4.79 Å². The maximum Gasteiger partial charge on any atom is 0.293 e. The molecule has 0 aliphatic carbocycles. The number of allylic oxidation sites excluding steroid dienone is 1. The molecule has 0 spiro atoms. The number of ether oxygens (including phenoxy) is 3. The van der Waals surface area contributed by atoms with Gasteiger partial charge in [0.1, 0.15) is 18.1 Å². The van der Waals surface area contributed by atoms with Gasteiger partial charge in [0, 0.05) is 18.2 Å². The van der Waals surface area contributed by atoms with Crippen molar-refractivity contribution in [1.82, 2.24) is 0 Å². The second-order valence-electron chi connectivity index (χ2n) is 8.41. The molecule has 0 saturated heterocycles. The normalized spacial score (nSPS) is 10.8. The zero-order chi connectivity index (χ0) is 27.6. The summed E-state index contributed by atoms with van der Waals surface area (Å²) in [4.78, 5) is 9.52. The van der Waals surface area contributed by atoms with Gasteiger partial charge in [0.2, 0.25) is 0 Å². The van der Waals surface area contributed by atoms with Crippen molar-refractivity contribution in [2.45, 2.75) is 80.8 Å². The number of carbonyl (C=O) groups excluding carboxylic acids is 1. The SMILES string of the molecule is C/C=C/CCOC=O.C=CCOc1ccc(C(O)CC(C)C)c(OCC)c1C.CCC(C)C.CO. The second kappa shape index (κ2) is 26.3. The van der Waals surface area contributed by atoms with Crippen LogP contribution < -0.4 is 9.47 Å². The van der Waals surface area contributed by atoms with Crippen LogP contribution in [0.4, 0.5) is 0 Å². The van der Waals surface area contributed by atoms with Crippen LogP contribution in [0.15, 0.2) is 36.9 Å². The van der Waals surface area contributed by atoms with E-state index >= 15 is 0 Å². The monoisotopic (exact) mass is 496 g/mol. The number of rotatable bonds is 13. The third-order valence-corrected chi connectivity index (χ3v) is 4.61. The second-order valence-corrected chi connectivity index (χ2v) is 8.41. The van der Waals surface area contributed by atoms with Gasteiger partial charge >= 0.3 is 0 Å². The highest BCUT2D eigenvalue weighted by Gasteiger charge is 2.19. The Hall–Kier alpha value is -2.31. The fraction of sp³-hybridized carbons (Fsp3) is 0.621. The van der Waals surface area contributed by atoms with Gasteiger partial charge in [-0.05, 0) is 57.6 Å². The van der Waals surface area contributed by atoms with Gasteiger partial charge < -0.3 is 24.4 Å². The molecule has 0 heterocycles. The number of aliphatic hydroxyl groups is 2. The first-order valence-corrected chi connectivity index (χ1v) is 12.5. The van der Waals surface area contributed by atoms with Crippen molar-refractivity contribution in [3.63, 3.8) is 0 Å². The average Bonchev–Trinajstić information content (AvgIpc) is 2.84. The molecule has 2 N–H and O–H groups in total. The summed E-state index contributed by atoms with van der Waals surface area (Å²) in [5, 5.41) is 17.4. The minimum Gasteiger partial charge on any atom is -0.493 e. The van der Waals surface area contributed by atoms with E-state index in [9.17, 15) is 9.90 Å². The molecule has 1 rings (SSSR count). The third-order valence-electron chi connectivity index (χ3n) is 4.61. The number of benzene rings is 1. The summed E-state index contributed by atoms with van der Waals surface area (Å²) >= 11 is 0. The molecule has 0 fully saturated rings. The number of hydrogen-bond donors (Lipinski definition) is 2. The number of aliphatic hydroxyl groups excluding tert-OH is 2. The van der Waals surface area contributed by atoms with E-state index in [1.54, 1.807) is 6.08 Å². The van der Waals surface area contributed by atoms with Gasteiger partial charge in [0.05, 0.1) is 19.3 Å². The lowest BCUT2D eigenvalue weighted by Crippen LogP contribution is -2.08. The van der Waals surface area contributed by atoms with Crippen LogP contribution in [0.25, 0.3) is 0 Å². The van der Waals surface area contributed by atoms with Crippen molar-refractivity contribution in [2.24, 2.45) is 11.8 Å². The van der Waals surface area contributed by atoms with Crippen molar-refractivity contribution in [3.8, 4) is 11.5 Å². The molecule has 1 atom stereocenters. The fourth-order valence-electron chi connectivity index (χ4n) is 2.52. The van der Waals surface area contributed by atoms with E-state index in [1.165, 1.54) is 6.42 Å². The van der Waals surface area contributed by atoms with Crippen LogP contribution in [0.5, 0.6) is 11.5 Å². The van der Waals surface area contributed by atoms with Crippen LogP contribution in [-0.4, -0.2) is 43.6 Å². The first kappa shape index (κ1) is 37.2. The molecular weight excluding hydrogens is 444 g/mol. The van der Waals surface area contributed by atoms with Gasteiger partial charge in [-0.25, -0.2) is 0 Å². The molecule has 0 aliphatic heterocycles. The van der Waals surface area contributed by atoms with Crippen molar-refractivity contribution in [1.29, 1.82) is 0 Å². The standard InChI is InChI=1S/C17H26O3.C6H10O2.C5H12.CH4O/c1-6-10-20-16-9-8-14(15(18)11-12(3)4)17(13(16)5)19-7-2;1-2-3-4-5-8-6-7;1-4-5(2)3;1-2/h6,8-9,12,15,18H,1,7,10-11H2,2-5H3;2-3,6H,4-5H2,1H3;5H,4H2,1-3H3;2H,1H3/b;3-2+;;. The van der Waals surface area contributed by atoms with E-state index in [2.05, 4.69) is 45.9 Å².